The van der Waals surface area contributed by atoms with Gasteiger partial charge in [-0.15, -0.1) is 0 Å². The van der Waals surface area contributed by atoms with Gasteiger partial charge in [-0.05, 0) is 35.1 Å². The van der Waals surface area contributed by atoms with Gasteiger partial charge in [-0.1, -0.05) is 121 Å². The summed E-state index contributed by atoms with van der Waals surface area (Å²) in [5, 5.41) is 5.89. The minimum absolute atomic E-state index is 0.0602. The van der Waals surface area contributed by atoms with Crippen molar-refractivity contribution in [2.75, 3.05) is 0 Å². The normalized spacial score (nSPS) is 17.0. The van der Waals surface area contributed by atoms with Crippen LogP contribution in [0.5, 0.6) is 0 Å². The Morgan fingerprint density at radius 2 is 0.886 bits per heavy atom. The first-order chi connectivity index (χ1) is 21.5. The molecule has 1 heterocycles. The maximum absolute atomic E-state index is 13.1. The smallest absolute Gasteiger partial charge is 0.407 e. The largest absolute Gasteiger partial charge is 0.447 e. The topological polar surface area (TPSA) is 95.1 Å². The Bertz CT molecular complexity index is 1380. The summed E-state index contributed by atoms with van der Waals surface area (Å²) in [7, 11) is 0. The fourth-order valence-electron chi connectivity index (χ4n) is 5.07. The van der Waals surface area contributed by atoms with E-state index in [2.05, 4.69) is 10.6 Å². The number of amides is 2. The molecule has 0 bridgehead atoms. The van der Waals surface area contributed by atoms with Crippen LogP contribution in [-0.2, 0) is 45.0 Å². The fraction of sp³-hybridized carbons (Fsp3) is 0.229. The van der Waals surface area contributed by atoms with Gasteiger partial charge in [0.05, 0.1) is 12.1 Å². The lowest BCUT2D eigenvalue weighted by Crippen LogP contribution is -2.56. The third-order valence-corrected chi connectivity index (χ3v) is 7.40. The molecule has 0 aromatic heterocycles. The Hall–Kier alpha value is -4.89. The molecular weight excluding hydrogens is 576 g/mol. The molecule has 226 valence electrons. The highest BCUT2D eigenvalue weighted by Crippen LogP contribution is 2.26. The molecule has 2 N–H and O–H groups in total. The van der Waals surface area contributed by atoms with Gasteiger partial charge < -0.3 is 29.6 Å². The quantitative estimate of drug-likeness (QED) is 0.186. The van der Waals surface area contributed by atoms with Crippen molar-refractivity contribution >= 4 is 29.6 Å². The van der Waals surface area contributed by atoms with Crippen LogP contribution in [0.1, 0.15) is 22.3 Å². The van der Waals surface area contributed by atoms with Crippen LogP contribution >= 0.6 is 12.2 Å². The van der Waals surface area contributed by atoms with Crippen LogP contribution in [0.15, 0.2) is 121 Å². The molecule has 1 fully saturated rings. The van der Waals surface area contributed by atoms with Crippen molar-refractivity contribution in [1.29, 1.82) is 0 Å². The Balaban J connectivity index is 1.36. The number of rotatable bonds is 12. The highest BCUT2D eigenvalue weighted by Gasteiger charge is 2.46. The van der Waals surface area contributed by atoms with Crippen LogP contribution in [0, 0.1) is 0 Å². The van der Waals surface area contributed by atoms with E-state index in [-0.39, 0.29) is 18.5 Å². The monoisotopic (exact) mass is 610 g/mol. The molecule has 5 rings (SSSR count). The molecule has 1 aliphatic heterocycles. The van der Waals surface area contributed by atoms with Gasteiger partial charge in [-0.2, -0.15) is 0 Å². The summed E-state index contributed by atoms with van der Waals surface area (Å²) in [5.74, 6) is 0. The second kappa shape index (κ2) is 15.5. The molecule has 9 heteroatoms. The molecule has 0 unspecified atom stereocenters. The van der Waals surface area contributed by atoms with E-state index >= 15 is 0 Å². The number of hydrogen-bond acceptors (Lipinski definition) is 7. The average molecular weight is 611 g/mol. The third kappa shape index (κ3) is 9.05. The van der Waals surface area contributed by atoms with Crippen molar-refractivity contribution < 1.29 is 28.5 Å². The number of alkyl carbamates (subject to hydrolysis) is 2. The summed E-state index contributed by atoms with van der Waals surface area (Å²) in [4.78, 5) is 26.1. The van der Waals surface area contributed by atoms with Crippen molar-refractivity contribution in [3.05, 3.63) is 144 Å². The van der Waals surface area contributed by atoms with Gasteiger partial charge in [0.2, 0.25) is 0 Å². The first kappa shape index (κ1) is 30.6. The lowest BCUT2D eigenvalue weighted by molar-refractivity contribution is 0.0715. The lowest BCUT2D eigenvalue weighted by Gasteiger charge is -2.31. The van der Waals surface area contributed by atoms with E-state index in [4.69, 9.17) is 31.2 Å². The Labute approximate surface area is 262 Å². The second-order valence-corrected chi connectivity index (χ2v) is 10.8. The number of hydrogen-bond donors (Lipinski definition) is 2. The van der Waals surface area contributed by atoms with E-state index in [0.717, 1.165) is 22.3 Å². The molecule has 2 amide bonds. The molecule has 8 nitrogen and oxygen atoms in total. The van der Waals surface area contributed by atoms with Crippen LogP contribution in [-0.4, -0.2) is 41.7 Å². The first-order valence-electron chi connectivity index (χ1n) is 14.4. The van der Waals surface area contributed by atoms with Gasteiger partial charge in [0.15, 0.2) is 12.2 Å². The highest BCUT2D eigenvalue weighted by molar-refractivity contribution is 7.79. The van der Waals surface area contributed by atoms with Gasteiger partial charge in [-0.3, -0.25) is 0 Å². The van der Waals surface area contributed by atoms with Gasteiger partial charge in [0.1, 0.15) is 13.2 Å². The third-order valence-electron chi connectivity index (χ3n) is 7.21. The van der Waals surface area contributed by atoms with Crippen LogP contribution in [0.2, 0.25) is 0 Å². The number of benzene rings is 4. The maximum atomic E-state index is 13.1. The van der Waals surface area contributed by atoms with E-state index in [1.807, 2.05) is 121 Å². The Morgan fingerprint density at radius 3 is 1.23 bits per heavy atom. The van der Waals surface area contributed by atoms with E-state index in [1.165, 1.54) is 0 Å². The zero-order valence-corrected chi connectivity index (χ0v) is 24.9. The summed E-state index contributed by atoms with van der Waals surface area (Å²) < 4.78 is 23.2. The minimum Gasteiger partial charge on any atom is -0.447 e. The zero-order chi connectivity index (χ0) is 30.6. The van der Waals surface area contributed by atoms with Crippen LogP contribution in [0.25, 0.3) is 0 Å². The SMILES string of the molecule is O=C(N[C@@H](Cc1ccccc1)[C@H]1OC(=S)O[C@@H]1[C@H](Cc1ccccc1)NC(=O)OCc1ccccc1)OCc1ccccc1. The maximum Gasteiger partial charge on any atom is 0.407 e. The van der Waals surface area contributed by atoms with Crippen molar-refractivity contribution in [2.45, 2.75) is 50.3 Å². The number of ether oxygens (including phenoxy) is 4. The molecule has 0 saturated carbocycles. The van der Waals surface area contributed by atoms with Crippen molar-refractivity contribution in [3.63, 3.8) is 0 Å². The standard InChI is InChI=1S/C35H34N2O6S/c38-33(40-23-27-17-9-3-10-18-27)36-29(21-25-13-5-1-6-14-25)31-32(43-35(44)42-31)30(22-26-15-7-2-8-16-26)37-34(39)41-24-28-19-11-4-12-20-28/h1-20,29-32H,21-24H2,(H,36,38)(H,37,39)/t29-,30-,31+,32+/m0/s1. The van der Waals surface area contributed by atoms with Crippen LogP contribution in [0.3, 0.4) is 0 Å². The minimum atomic E-state index is -0.741. The molecule has 0 spiro atoms. The van der Waals surface area contributed by atoms with E-state index in [9.17, 15) is 9.59 Å². The van der Waals surface area contributed by atoms with Crippen molar-refractivity contribution in [2.24, 2.45) is 0 Å². The second-order valence-electron chi connectivity index (χ2n) is 10.4. The zero-order valence-electron chi connectivity index (χ0n) is 24.0. The predicted octanol–water partition coefficient (Wildman–Crippen LogP) is 6.13. The summed E-state index contributed by atoms with van der Waals surface area (Å²) in [6.45, 7) is 0.222. The molecule has 44 heavy (non-hydrogen) atoms. The number of carbonyl (C=O) groups is 2. The summed E-state index contributed by atoms with van der Waals surface area (Å²) in [6.07, 6.45) is -1.88. The fourth-order valence-corrected chi connectivity index (χ4v) is 5.30. The molecule has 4 atom stereocenters. The molecular formula is C35H34N2O6S. The van der Waals surface area contributed by atoms with E-state index in [1.54, 1.807) is 0 Å². The van der Waals surface area contributed by atoms with E-state index < -0.39 is 36.5 Å². The molecule has 1 aliphatic rings. The lowest BCUT2D eigenvalue weighted by atomic mass is 9.91. The predicted molar refractivity (Wildman–Crippen MR) is 170 cm³/mol. The average Bonchev–Trinajstić information content (AvgIpc) is 3.45. The highest BCUT2D eigenvalue weighted by atomic mass is 32.1. The number of carbonyl (C=O) groups excluding carboxylic acids is 2. The van der Waals surface area contributed by atoms with Gasteiger partial charge in [0.25, 0.3) is 0 Å². The first-order valence-corrected chi connectivity index (χ1v) is 14.8. The van der Waals surface area contributed by atoms with Crippen molar-refractivity contribution in [3.8, 4) is 0 Å². The van der Waals surface area contributed by atoms with Crippen LogP contribution in [0.4, 0.5) is 9.59 Å². The summed E-state index contributed by atoms with van der Waals surface area (Å²) in [5.41, 5.74) is 3.66. The molecule has 1 saturated heterocycles. The Morgan fingerprint density at radius 1 is 0.568 bits per heavy atom. The van der Waals surface area contributed by atoms with Gasteiger partial charge in [-0.25, -0.2) is 9.59 Å². The summed E-state index contributed by atoms with van der Waals surface area (Å²) >= 11 is 5.37. The number of thiocarbonyl (C=S) groups is 1. The molecule has 0 aliphatic carbocycles. The van der Waals surface area contributed by atoms with Crippen molar-refractivity contribution in [1.82, 2.24) is 10.6 Å². The molecule has 0 radical (unpaired) electrons. The summed E-state index contributed by atoms with van der Waals surface area (Å²) in [6, 6.07) is 37.1. The van der Waals surface area contributed by atoms with E-state index in [0.29, 0.717) is 12.8 Å². The molecule has 4 aromatic rings. The Kier molecular flexibility index (Phi) is 10.8. The molecule has 4 aromatic carbocycles. The van der Waals surface area contributed by atoms with Gasteiger partial charge >= 0.3 is 17.4 Å². The van der Waals surface area contributed by atoms with Crippen LogP contribution < -0.4 is 10.6 Å². The number of nitrogens with one attached hydrogen (secondary N) is 2. The van der Waals surface area contributed by atoms with Gasteiger partial charge in [0, 0.05) is 12.2 Å².